The van der Waals surface area contributed by atoms with Crippen LogP contribution in [0.2, 0.25) is 5.32 Å². The molecular weight excluding hydrogens is 515 g/mol. The summed E-state index contributed by atoms with van der Waals surface area (Å²) in [6.45, 7) is 16.3. The third kappa shape index (κ3) is 10.5. The summed E-state index contributed by atoms with van der Waals surface area (Å²) in [5.74, 6) is 0.130. The Balaban J connectivity index is 0.000000263. The Morgan fingerprint density at radius 1 is 1.00 bits per heavy atom. The molecule has 2 aromatic rings. The summed E-state index contributed by atoms with van der Waals surface area (Å²) >= 11 is -0.847. The standard InChI is InChI=1S/C20H28.C15H15OSe/c1-6-8-9-10-11-17(7-2)16-18-12-14-19(15-13-18)20(3,4)5;1-3-4-13-9-10-17(11-13)15-7-5-14(6-8-15)12(2)16/h6,8-15H,7,16H2,1-5H3;3-10H,1,11H2,2H3/b8-6-,10-9-,17-11+;13-4-. The van der Waals surface area contributed by atoms with Crippen LogP contribution in [-0.4, -0.2) is 19.7 Å². The number of hydrogen-bond donors (Lipinski definition) is 0. The second kappa shape index (κ2) is 15.4. The molecule has 37 heavy (non-hydrogen) atoms. The SMILES string of the molecule is C=C/C=C1/C=C[Se](c2ccc(C(C)=O)cc2)C1.C\C=C/C=C\C=C(/CC)Cc1ccc(C(C)(C)C)cc1. The summed E-state index contributed by atoms with van der Waals surface area (Å²) in [4.78, 5) is 13.5. The van der Waals surface area contributed by atoms with Crippen molar-refractivity contribution in [3.05, 3.63) is 137 Å². The molecule has 1 heterocycles. The van der Waals surface area contributed by atoms with Crippen LogP contribution in [0.3, 0.4) is 0 Å². The number of benzene rings is 2. The van der Waals surface area contributed by atoms with Gasteiger partial charge in [-0.2, -0.15) is 0 Å². The maximum atomic E-state index is 11.2. The summed E-state index contributed by atoms with van der Waals surface area (Å²) in [5.41, 5.74) is 6.65. The van der Waals surface area contributed by atoms with Gasteiger partial charge in [-0.05, 0) is 36.3 Å². The quantitative estimate of drug-likeness (QED) is 0.180. The maximum Gasteiger partial charge on any atom is -0.00641 e. The molecule has 2 aromatic carbocycles. The molecule has 0 saturated heterocycles. The fourth-order valence-electron chi connectivity index (χ4n) is 3.78. The summed E-state index contributed by atoms with van der Waals surface area (Å²) in [6.07, 6.45) is 18.8. The molecule has 0 fully saturated rings. The molecule has 0 aromatic heterocycles. The van der Waals surface area contributed by atoms with Crippen molar-refractivity contribution in [2.24, 2.45) is 0 Å². The third-order valence-electron chi connectivity index (χ3n) is 6.12. The minimum absolute atomic E-state index is 0.130. The predicted molar refractivity (Wildman–Crippen MR) is 165 cm³/mol. The topological polar surface area (TPSA) is 17.1 Å². The molecule has 0 aliphatic carbocycles. The Hall–Kier alpha value is -2.93. The van der Waals surface area contributed by atoms with Crippen LogP contribution in [0.15, 0.2) is 120 Å². The van der Waals surface area contributed by atoms with Gasteiger partial charge in [-0.25, -0.2) is 0 Å². The summed E-state index contributed by atoms with van der Waals surface area (Å²) < 4.78 is 1.39. The first-order valence-electron chi connectivity index (χ1n) is 13.0. The molecular formula is C35H43OSe. The zero-order valence-electron chi connectivity index (χ0n) is 23.5. The monoisotopic (exact) mass is 559 g/mol. The number of carbonyl (C=O) groups is 1. The number of Topliss-reactive ketones (excluding diaryl/α,β-unsaturated/α-hetero) is 1. The molecule has 0 unspecified atom stereocenters. The van der Waals surface area contributed by atoms with Crippen molar-refractivity contribution in [3.8, 4) is 0 Å². The zero-order chi connectivity index (χ0) is 27.3. The second-order valence-corrected chi connectivity index (χ2v) is 14.1. The summed E-state index contributed by atoms with van der Waals surface area (Å²) in [7, 11) is 0. The first kappa shape index (κ1) is 30.3. The fraction of sp³-hybridized carbons (Fsp3) is 0.286. The minimum Gasteiger partial charge on any atom is -0.0877 e. The van der Waals surface area contributed by atoms with Gasteiger partial charge >= 0.3 is 106 Å². The van der Waals surface area contributed by atoms with E-state index in [1.54, 1.807) is 6.92 Å². The summed E-state index contributed by atoms with van der Waals surface area (Å²) in [6, 6.07) is 17.1. The maximum absolute atomic E-state index is 11.2. The van der Waals surface area contributed by atoms with Crippen molar-refractivity contribution in [1.29, 1.82) is 0 Å². The van der Waals surface area contributed by atoms with E-state index in [9.17, 15) is 4.79 Å². The van der Waals surface area contributed by atoms with Crippen LogP contribution in [0.4, 0.5) is 0 Å². The molecule has 0 bridgehead atoms. The first-order valence-corrected chi connectivity index (χ1v) is 16.1. The van der Waals surface area contributed by atoms with E-state index < -0.39 is 13.9 Å². The van der Waals surface area contributed by atoms with Gasteiger partial charge in [0.2, 0.25) is 0 Å². The smallest absolute Gasteiger partial charge is 0.00641 e. The molecule has 3 rings (SSSR count). The van der Waals surface area contributed by atoms with Gasteiger partial charge < -0.3 is 0 Å². The predicted octanol–water partition coefficient (Wildman–Crippen LogP) is 8.81. The van der Waals surface area contributed by atoms with E-state index >= 15 is 0 Å². The first-order chi connectivity index (χ1) is 17.7. The van der Waals surface area contributed by atoms with Gasteiger partial charge in [-0.3, -0.25) is 0 Å². The Morgan fingerprint density at radius 2 is 1.68 bits per heavy atom. The van der Waals surface area contributed by atoms with Crippen molar-refractivity contribution in [3.63, 3.8) is 0 Å². The van der Waals surface area contributed by atoms with Gasteiger partial charge in [-0.15, -0.1) is 0 Å². The van der Waals surface area contributed by atoms with E-state index in [0.29, 0.717) is 0 Å². The van der Waals surface area contributed by atoms with Crippen LogP contribution in [-0.2, 0) is 11.8 Å². The van der Waals surface area contributed by atoms with Gasteiger partial charge in [0.05, 0.1) is 0 Å². The van der Waals surface area contributed by atoms with E-state index in [1.165, 1.54) is 26.7 Å². The Bertz CT molecular complexity index is 1160. The largest absolute Gasteiger partial charge is 0.0877 e. The normalized spacial score (nSPS) is 15.4. The molecule has 2 heteroatoms. The van der Waals surface area contributed by atoms with E-state index in [1.807, 2.05) is 31.2 Å². The molecule has 1 aliphatic rings. The van der Waals surface area contributed by atoms with Crippen molar-refractivity contribution in [2.75, 3.05) is 0 Å². The molecule has 195 valence electrons. The van der Waals surface area contributed by atoms with Gasteiger partial charge in [0.1, 0.15) is 0 Å². The zero-order valence-corrected chi connectivity index (χ0v) is 25.2. The second-order valence-electron chi connectivity index (χ2n) is 10.1. The van der Waals surface area contributed by atoms with Crippen LogP contribution >= 0.6 is 0 Å². The van der Waals surface area contributed by atoms with Crippen LogP contribution in [0.1, 0.15) is 69.4 Å². The van der Waals surface area contributed by atoms with Crippen molar-refractivity contribution in [1.82, 2.24) is 0 Å². The molecule has 0 spiro atoms. The number of hydrogen-bond acceptors (Lipinski definition) is 1. The van der Waals surface area contributed by atoms with Gasteiger partial charge in [0.25, 0.3) is 0 Å². The van der Waals surface area contributed by atoms with Gasteiger partial charge in [0.15, 0.2) is 0 Å². The molecule has 0 amide bonds. The van der Waals surface area contributed by atoms with E-state index in [0.717, 1.165) is 23.7 Å². The number of ketones is 1. The Labute approximate surface area is 230 Å². The third-order valence-corrected chi connectivity index (χ3v) is 10.3. The van der Waals surface area contributed by atoms with Crippen molar-refractivity contribution < 1.29 is 4.79 Å². The fourth-order valence-corrected chi connectivity index (χ4v) is 7.55. The van der Waals surface area contributed by atoms with Gasteiger partial charge in [0, 0.05) is 0 Å². The molecule has 0 N–H and O–H groups in total. The number of allylic oxidation sites excluding steroid dienone is 10. The molecule has 0 atom stereocenters. The summed E-state index contributed by atoms with van der Waals surface area (Å²) in [5, 5.41) is 1.14. The van der Waals surface area contributed by atoms with E-state index in [4.69, 9.17) is 0 Å². The minimum atomic E-state index is -0.847. The van der Waals surface area contributed by atoms with E-state index in [2.05, 4.69) is 112 Å². The number of carbonyl (C=O) groups excluding carboxylic acids is 1. The average Bonchev–Trinajstić information content (AvgIpc) is 3.35. The Morgan fingerprint density at radius 3 is 2.22 bits per heavy atom. The molecule has 1 aliphatic heterocycles. The van der Waals surface area contributed by atoms with Crippen LogP contribution in [0, 0.1) is 0 Å². The van der Waals surface area contributed by atoms with Crippen molar-refractivity contribution >= 4 is 24.1 Å². The van der Waals surface area contributed by atoms with Crippen LogP contribution in [0.25, 0.3) is 0 Å². The van der Waals surface area contributed by atoms with E-state index in [-0.39, 0.29) is 11.2 Å². The van der Waals surface area contributed by atoms with Gasteiger partial charge in [-0.1, -0.05) is 87.9 Å². The number of rotatable bonds is 8. The molecule has 1 radical (unpaired) electrons. The van der Waals surface area contributed by atoms with Crippen LogP contribution < -0.4 is 4.46 Å². The Kier molecular flexibility index (Phi) is 12.6. The molecule has 0 saturated carbocycles. The van der Waals surface area contributed by atoms with Crippen LogP contribution in [0.5, 0.6) is 0 Å². The molecule has 1 nitrogen and oxygen atoms in total. The average molecular weight is 559 g/mol. The van der Waals surface area contributed by atoms with Crippen molar-refractivity contribution in [2.45, 2.75) is 65.1 Å².